The molecule has 4 rings (SSSR count). The molecule has 3 fully saturated rings. The van der Waals surface area contributed by atoms with Gasteiger partial charge in [-0.05, 0) is 56.6 Å². The molecular formula is C18H24N2O2. The fraction of sp³-hybridized carbons (Fsp3) is 0.667. The normalized spacial score (nSPS) is 33.0. The molecule has 22 heavy (non-hydrogen) atoms. The standard InChI is InChI=1S/C18H24N2O2/c1-17(22)8-15(9-17)16(21)20-11-18(12-20)6-14(7-18)5-13-3-2-4-19-10-13/h2-4,10,14-15,22H,5-9,11-12H2,1H3. The van der Waals surface area contributed by atoms with Gasteiger partial charge in [-0.25, -0.2) is 0 Å². The summed E-state index contributed by atoms with van der Waals surface area (Å²) in [5, 5.41) is 9.76. The highest BCUT2D eigenvalue weighted by atomic mass is 16.3. The van der Waals surface area contributed by atoms with Crippen molar-refractivity contribution < 1.29 is 9.90 Å². The first-order chi connectivity index (χ1) is 10.4. The predicted molar refractivity (Wildman–Crippen MR) is 83.0 cm³/mol. The number of nitrogens with zero attached hydrogens (tertiary/aromatic N) is 2. The van der Waals surface area contributed by atoms with E-state index >= 15 is 0 Å². The molecule has 4 nitrogen and oxygen atoms in total. The van der Waals surface area contributed by atoms with Gasteiger partial charge in [0.2, 0.25) is 5.91 Å². The number of hydrogen-bond acceptors (Lipinski definition) is 3. The van der Waals surface area contributed by atoms with Crippen molar-refractivity contribution in [3.8, 4) is 0 Å². The summed E-state index contributed by atoms with van der Waals surface area (Å²) in [5.41, 5.74) is 1.13. The van der Waals surface area contributed by atoms with Crippen LogP contribution in [0.5, 0.6) is 0 Å². The van der Waals surface area contributed by atoms with Gasteiger partial charge in [-0.2, -0.15) is 0 Å². The van der Waals surface area contributed by atoms with Crippen LogP contribution in [0.2, 0.25) is 0 Å². The molecule has 2 heterocycles. The molecule has 2 saturated carbocycles. The van der Waals surface area contributed by atoms with Crippen molar-refractivity contribution in [1.29, 1.82) is 0 Å². The highest BCUT2D eigenvalue weighted by molar-refractivity contribution is 5.81. The lowest BCUT2D eigenvalue weighted by Crippen LogP contribution is -2.66. The quantitative estimate of drug-likeness (QED) is 0.929. The summed E-state index contributed by atoms with van der Waals surface area (Å²) in [4.78, 5) is 18.5. The second kappa shape index (κ2) is 4.79. The minimum Gasteiger partial charge on any atom is -0.390 e. The largest absolute Gasteiger partial charge is 0.390 e. The lowest BCUT2D eigenvalue weighted by Gasteiger charge is -2.60. The zero-order valence-electron chi connectivity index (χ0n) is 13.2. The number of pyridine rings is 1. The third kappa shape index (κ3) is 2.43. The number of rotatable bonds is 3. The molecule has 1 aliphatic heterocycles. The van der Waals surface area contributed by atoms with Crippen LogP contribution in [-0.4, -0.2) is 39.6 Å². The van der Waals surface area contributed by atoms with Crippen LogP contribution in [0.25, 0.3) is 0 Å². The first-order valence-corrected chi connectivity index (χ1v) is 8.35. The van der Waals surface area contributed by atoms with Gasteiger partial charge in [0.15, 0.2) is 0 Å². The van der Waals surface area contributed by atoms with E-state index in [0.717, 1.165) is 25.4 Å². The minimum absolute atomic E-state index is 0.0682. The Hall–Kier alpha value is -1.42. The second-order valence-corrected chi connectivity index (χ2v) is 8.14. The summed E-state index contributed by atoms with van der Waals surface area (Å²) in [5.74, 6) is 1.09. The maximum atomic E-state index is 12.3. The van der Waals surface area contributed by atoms with Crippen LogP contribution in [0.1, 0.15) is 38.2 Å². The van der Waals surface area contributed by atoms with Gasteiger partial charge in [-0.15, -0.1) is 0 Å². The van der Waals surface area contributed by atoms with Crippen LogP contribution in [0.4, 0.5) is 0 Å². The Morgan fingerprint density at radius 1 is 1.36 bits per heavy atom. The van der Waals surface area contributed by atoms with Gasteiger partial charge in [0, 0.05) is 36.8 Å². The van der Waals surface area contributed by atoms with Gasteiger partial charge in [-0.1, -0.05) is 6.07 Å². The fourth-order valence-electron chi connectivity index (χ4n) is 4.77. The van der Waals surface area contributed by atoms with Crippen molar-refractivity contribution in [2.75, 3.05) is 13.1 Å². The molecule has 0 atom stereocenters. The predicted octanol–water partition coefficient (Wildman–Crippen LogP) is 2.02. The topological polar surface area (TPSA) is 53.4 Å². The minimum atomic E-state index is -0.603. The molecule has 1 aromatic heterocycles. The third-order valence-electron chi connectivity index (χ3n) is 5.78. The summed E-state index contributed by atoms with van der Waals surface area (Å²) in [6, 6.07) is 4.15. The second-order valence-electron chi connectivity index (χ2n) is 8.14. The van der Waals surface area contributed by atoms with E-state index in [0.29, 0.717) is 18.3 Å². The highest BCUT2D eigenvalue weighted by Crippen LogP contribution is 2.53. The molecule has 4 heteroatoms. The Morgan fingerprint density at radius 3 is 2.68 bits per heavy atom. The van der Waals surface area contributed by atoms with Crippen molar-refractivity contribution in [3.05, 3.63) is 30.1 Å². The SMILES string of the molecule is CC1(O)CC(C(=O)N2CC3(CC(Cc4cccnc4)C3)C2)C1. The van der Waals surface area contributed by atoms with E-state index in [4.69, 9.17) is 0 Å². The van der Waals surface area contributed by atoms with E-state index in [-0.39, 0.29) is 11.8 Å². The molecule has 0 bridgehead atoms. The van der Waals surface area contributed by atoms with E-state index in [1.54, 1.807) is 0 Å². The van der Waals surface area contributed by atoms with E-state index in [1.165, 1.54) is 18.4 Å². The summed E-state index contributed by atoms with van der Waals surface area (Å²) >= 11 is 0. The van der Waals surface area contributed by atoms with Gasteiger partial charge >= 0.3 is 0 Å². The summed E-state index contributed by atoms with van der Waals surface area (Å²) < 4.78 is 0. The maximum absolute atomic E-state index is 12.3. The Morgan fingerprint density at radius 2 is 2.09 bits per heavy atom. The zero-order valence-corrected chi connectivity index (χ0v) is 13.2. The number of carbonyl (C=O) groups excluding carboxylic acids is 1. The van der Waals surface area contributed by atoms with E-state index in [1.807, 2.05) is 30.3 Å². The molecule has 0 radical (unpaired) electrons. The van der Waals surface area contributed by atoms with Gasteiger partial charge < -0.3 is 10.0 Å². The van der Waals surface area contributed by atoms with E-state index in [2.05, 4.69) is 11.1 Å². The molecule has 1 saturated heterocycles. The van der Waals surface area contributed by atoms with Crippen LogP contribution in [0.3, 0.4) is 0 Å². The Balaban J connectivity index is 1.23. The number of amides is 1. The average molecular weight is 300 g/mol. The number of likely N-dealkylation sites (tertiary alicyclic amines) is 1. The average Bonchev–Trinajstić information content (AvgIpc) is 2.37. The Kier molecular flexibility index (Phi) is 3.09. The van der Waals surface area contributed by atoms with Crippen molar-refractivity contribution in [2.24, 2.45) is 17.3 Å². The first kappa shape index (κ1) is 14.2. The van der Waals surface area contributed by atoms with Crippen LogP contribution < -0.4 is 0 Å². The number of aromatic nitrogens is 1. The zero-order chi connectivity index (χ0) is 15.4. The van der Waals surface area contributed by atoms with Crippen LogP contribution >= 0.6 is 0 Å². The molecule has 1 aromatic rings. The van der Waals surface area contributed by atoms with Crippen molar-refractivity contribution in [2.45, 2.75) is 44.6 Å². The molecular weight excluding hydrogens is 276 g/mol. The maximum Gasteiger partial charge on any atom is 0.225 e. The molecule has 3 aliphatic rings. The first-order valence-electron chi connectivity index (χ1n) is 8.35. The Bertz CT molecular complexity index is 562. The molecule has 2 aliphatic carbocycles. The van der Waals surface area contributed by atoms with Gasteiger partial charge in [-0.3, -0.25) is 9.78 Å². The lowest BCUT2D eigenvalue weighted by molar-refractivity contribution is -0.171. The summed E-state index contributed by atoms with van der Waals surface area (Å²) in [6.07, 6.45) is 8.66. The molecule has 0 aromatic carbocycles. The van der Waals surface area contributed by atoms with Crippen molar-refractivity contribution >= 4 is 5.91 Å². The molecule has 0 unspecified atom stereocenters. The van der Waals surface area contributed by atoms with E-state index < -0.39 is 5.60 Å². The highest BCUT2D eigenvalue weighted by Gasteiger charge is 2.55. The summed E-state index contributed by atoms with van der Waals surface area (Å²) in [6.45, 7) is 3.70. The summed E-state index contributed by atoms with van der Waals surface area (Å²) in [7, 11) is 0. The number of hydrogen-bond donors (Lipinski definition) is 1. The monoisotopic (exact) mass is 300 g/mol. The van der Waals surface area contributed by atoms with Gasteiger partial charge in [0.1, 0.15) is 0 Å². The van der Waals surface area contributed by atoms with E-state index in [9.17, 15) is 9.90 Å². The number of aliphatic hydroxyl groups is 1. The van der Waals surface area contributed by atoms with Crippen LogP contribution in [0, 0.1) is 17.3 Å². The van der Waals surface area contributed by atoms with Crippen LogP contribution in [0.15, 0.2) is 24.5 Å². The van der Waals surface area contributed by atoms with Crippen molar-refractivity contribution in [1.82, 2.24) is 9.88 Å². The van der Waals surface area contributed by atoms with Crippen LogP contribution in [-0.2, 0) is 11.2 Å². The fourth-order valence-corrected chi connectivity index (χ4v) is 4.77. The van der Waals surface area contributed by atoms with Gasteiger partial charge in [0.25, 0.3) is 0 Å². The molecule has 1 N–H and O–H groups in total. The molecule has 1 spiro atoms. The Labute approximate surface area is 131 Å². The molecule has 1 amide bonds. The smallest absolute Gasteiger partial charge is 0.225 e. The third-order valence-corrected chi connectivity index (χ3v) is 5.78. The number of carbonyl (C=O) groups is 1. The van der Waals surface area contributed by atoms with Gasteiger partial charge in [0.05, 0.1) is 5.60 Å². The van der Waals surface area contributed by atoms with Crippen molar-refractivity contribution in [3.63, 3.8) is 0 Å². The lowest BCUT2D eigenvalue weighted by atomic mass is 9.56. The molecule has 118 valence electrons.